The Morgan fingerprint density at radius 2 is 1.89 bits per heavy atom. The van der Waals surface area contributed by atoms with Crippen molar-refractivity contribution in [2.24, 2.45) is 0 Å². The fourth-order valence-electron chi connectivity index (χ4n) is 3.63. The SMILES string of the molecule is CCCN(C)C(=O)c1ccc(-c2c(C#N)c3ccc(OC)cc3n2CC)cc1. The molecule has 3 rings (SSSR count). The molecule has 3 aromatic rings. The Labute approximate surface area is 165 Å². The van der Waals surface area contributed by atoms with Crippen molar-refractivity contribution in [2.45, 2.75) is 26.8 Å². The lowest BCUT2D eigenvalue weighted by molar-refractivity contribution is 0.0795. The van der Waals surface area contributed by atoms with E-state index in [1.54, 1.807) is 12.0 Å². The first kappa shape index (κ1) is 19.5. The molecule has 0 bridgehead atoms. The maximum Gasteiger partial charge on any atom is 0.253 e. The number of hydrogen-bond donors (Lipinski definition) is 0. The third-order valence-corrected chi connectivity index (χ3v) is 5.01. The largest absolute Gasteiger partial charge is 0.497 e. The molecule has 0 fully saturated rings. The molecule has 0 N–H and O–H groups in total. The molecule has 0 unspecified atom stereocenters. The topological polar surface area (TPSA) is 58.3 Å². The summed E-state index contributed by atoms with van der Waals surface area (Å²) in [6, 6.07) is 15.6. The van der Waals surface area contributed by atoms with Crippen molar-refractivity contribution < 1.29 is 9.53 Å². The van der Waals surface area contributed by atoms with Crippen molar-refractivity contribution in [2.75, 3.05) is 20.7 Å². The molecule has 0 aliphatic carbocycles. The molecule has 144 valence electrons. The van der Waals surface area contributed by atoms with Crippen molar-refractivity contribution >= 4 is 16.8 Å². The zero-order chi connectivity index (χ0) is 20.3. The third-order valence-electron chi connectivity index (χ3n) is 5.01. The second kappa shape index (κ2) is 8.18. The number of nitrogens with zero attached hydrogens (tertiary/aromatic N) is 3. The maximum atomic E-state index is 12.5. The van der Waals surface area contributed by atoms with Crippen molar-refractivity contribution in [1.82, 2.24) is 9.47 Å². The molecular formula is C23H25N3O2. The zero-order valence-electron chi connectivity index (χ0n) is 16.8. The van der Waals surface area contributed by atoms with Gasteiger partial charge in [-0.2, -0.15) is 5.26 Å². The highest BCUT2D eigenvalue weighted by Crippen LogP contribution is 2.35. The minimum atomic E-state index is 0.00896. The number of nitriles is 1. The summed E-state index contributed by atoms with van der Waals surface area (Å²) in [5.41, 5.74) is 4.05. The van der Waals surface area contributed by atoms with Gasteiger partial charge in [-0.1, -0.05) is 19.1 Å². The number of amides is 1. The minimum absolute atomic E-state index is 0.00896. The van der Waals surface area contributed by atoms with Crippen LogP contribution in [0, 0.1) is 11.3 Å². The van der Waals surface area contributed by atoms with Crippen LogP contribution in [0.2, 0.25) is 0 Å². The van der Waals surface area contributed by atoms with E-state index in [0.717, 1.165) is 47.4 Å². The summed E-state index contributed by atoms with van der Waals surface area (Å²) in [5, 5.41) is 10.7. The van der Waals surface area contributed by atoms with E-state index in [0.29, 0.717) is 11.1 Å². The lowest BCUT2D eigenvalue weighted by atomic mass is 10.0. The van der Waals surface area contributed by atoms with Crippen LogP contribution in [-0.4, -0.2) is 36.1 Å². The number of aromatic nitrogens is 1. The van der Waals surface area contributed by atoms with Gasteiger partial charge in [0.1, 0.15) is 11.8 Å². The number of benzene rings is 2. The summed E-state index contributed by atoms with van der Waals surface area (Å²) in [4.78, 5) is 14.2. The highest BCUT2D eigenvalue weighted by molar-refractivity contribution is 5.97. The lowest BCUT2D eigenvalue weighted by Crippen LogP contribution is -2.27. The summed E-state index contributed by atoms with van der Waals surface area (Å²) >= 11 is 0. The van der Waals surface area contributed by atoms with Crippen molar-refractivity contribution in [3.8, 4) is 23.1 Å². The summed E-state index contributed by atoms with van der Waals surface area (Å²) in [6.07, 6.45) is 0.923. The molecule has 5 nitrogen and oxygen atoms in total. The van der Waals surface area contributed by atoms with Crippen molar-refractivity contribution in [3.05, 3.63) is 53.6 Å². The standard InChI is InChI=1S/C23H25N3O2/c1-5-13-25(3)23(27)17-9-7-16(8-10-17)22-20(15-24)19-12-11-18(28-4)14-21(19)26(22)6-2/h7-12,14H,5-6,13H2,1-4H3. The number of ether oxygens (including phenoxy) is 1. The first-order valence-corrected chi connectivity index (χ1v) is 9.51. The molecule has 0 saturated heterocycles. The monoisotopic (exact) mass is 375 g/mol. The number of aryl methyl sites for hydroxylation is 1. The van der Waals surface area contributed by atoms with Gasteiger partial charge >= 0.3 is 0 Å². The molecule has 0 aliphatic heterocycles. The summed E-state index contributed by atoms with van der Waals surface area (Å²) in [5.74, 6) is 0.769. The van der Waals surface area contributed by atoms with E-state index in [-0.39, 0.29) is 5.91 Å². The van der Waals surface area contributed by atoms with Gasteiger partial charge < -0.3 is 14.2 Å². The molecule has 1 heterocycles. The van der Waals surface area contributed by atoms with Crippen molar-refractivity contribution in [1.29, 1.82) is 5.26 Å². The van der Waals surface area contributed by atoms with Crippen LogP contribution in [0.15, 0.2) is 42.5 Å². The normalized spacial score (nSPS) is 10.7. The fraction of sp³-hybridized carbons (Fsp3) is 0.304. The second-order valence-corrected chi connectivity index (χ2v) is 6.77. The molecule has 0 radical (unpaired) electrons. The Kier molecular flexibility index (Phi) is 5.70. The maximum absolute atomic E-state index is 12.5. The van der Waals surface area contributed by atoms with E-state index in [2.05, 4.69) is 24.5 Å². The average molecular weight is 375 g/mol. The van der Waals surface area contributed by atoms with Crippen LogP contribution in [-0.2, 0) is 6.54 Å². The number of methoxy groups -OCH3 is 1. The lowest BCUT2D eigenvalue weighted by Gasteiger charge is -2.16. The predicted octanol–water partition coefficient (Wildman–Crippen LogP) is 4.69. The van der Waals surface area contributed by atoms with E-state index in [1.165, 1.54) is 0 Å². The highest BCUT2D eigenvalue weighted by Gasteiger charge is 2.19. The number of fused-ring (bicyclic) bond motifs is 1. The summed E-state index contributed by atoms with van der Waals surface area (Å²) < 4.78 is 7.48. The summed E-state index contributed by atoms with van der Waals surface area (Å²) in [6.45, 7) is 5.56. The Morgan fingerprint density at radius 1 is 1.18 bits per heavy atom. The number of carbonyl (C=O) groups excluding carboxylic acids is 1. The van der Waals surface area contributed by atoms with Gasteiger partial charge in [0, 0.05) is 37.2 Å². The minimum Gasteiger partial charge on any atom is -0.497 e. The van der Waals surface area contributed by atoms with E-state index < -0.39 is 0 Å². The zero-order valence-corrected chi connectivity index (χ0v) is 16.8. The van der Waals surface area contributed by atoms with E-state index >= 15 is 0 Å². The Morgan fingerprint density at radius 3 is 2.46 bits per heavy atom. The smallest absolute Gasteiger partial charge is 0.253 e. The third kappa shape index (κ3) is 3.34. The fourth-order valence-corrected chi connectivity index (χ4v) is 3.63. The second-order valence-electron chi connectivity index (χ2n) is 6.77. The van der Waals surface area contributed by atoms with Gasteiger partial charge in [-0.15, -0.1) is 0 Å². The van der Waals surface area contributed by atoms with Crippen LogP contribution >= 0.6 is 0 Å². The van der Waals surface area contributed by atoms with Crippen LogP contribution < -0.4 is 4.74 Å². The molecule has 0 aliphatic rings. The first-order valence-electron chi connectivity index (χ1n) is 9.51. The van der Waals surface area contributed by atoms with Crippen LogP contribution in [0.4, 0.5) is 0 Å². The number of rotatable bonds is 6. The van der Waals surface area contributed by atoms with Crippen molar-refractivity contribution in [3.63, 3.8) is 0 Å². The van der Waals surface area contributed by atoms with Crippen LogP contribution in [0.25, 0.3) is 22.2 Å². The molecule has 0 saturated carbocycles. The highest BCUT2D eigenvalue weighted by atomic mass is 16.5. The Bertz CT molecular complexity index is 1040. The average Bonchev–Trinajstić information content (AvgIpc) is 3.05. The molecule has 1 aromatic heterocycles. The van der Waals surface area contributed by atoms with Gasteiger partial charge in [-0.05, 0) is 43.2 Å². The molecule has 2 aromatic carbocycles. The Hall–Kier alpha value is -3.26. The van der Waals surface area contributed by atoms with Gasteiger partial charge in [0.2, 0.25) is 0 Å². The molecule has 0 atom stereocenters. The Balaban J connectivity index is 2.11. The first-order chi connectivity index (χ1) is 13.5. The van der Waals surface area contributed by atoms with Crippen LogP contribution in [0.5, 0.6) is 5.75 Å². The quantitative estimate of drug-likeness (QED) is 0.628. The van der Waals surface area contributed by atoms with Gasteiger partial charge in [0.15, 0.2) is 0 Å². The summed E-state index contributed by atoms with van der Waals surface area (Å²) in [7, 11) is 3.45. The van der Waals surface area contributed by atoms with Gasteiger partial charge in [-0.25, -0.2) is 0 Å². The number of carbonyl (C=O) groups is 1. The predicted molar refractivity (Wildman–Crippen MR) is 112 cm³/mol. The van der Waals surface area contributed by atoms with Crippen LogP contribution in [0.1, 0.15) is 36.2 Å². The number of hydrogen-bond acceptors (Lipinski definition) is 3. The van der Waals surface area contributed by atoms with E-state index in [4.69, 9.17) is 4.74 Å². The van der Waals surface area contributed by atoms with E-state index in [1.807, 2.05) is 49.5 Å². The molecular weight excluding hydrogens is 350 g/mol. The van der Waals surface area contributed by atoms with Gasteiger partial charge in [0.25, 0.3) is 5.91 Å². The van der Waals surface area contributed by atoms with Gasteiger partial charge in [-0.3, -0.25) is 4.79 Å². The molecule has 0 spiro atoms. The molecule has 5 heteroatoms. The van der Waals surface area contributed by atoms with Gasteiger partial charge in [0.05, 0.1) is 23.9 Å². The molecule has 28 heavy (non-hydrogen) atoms. The van der Waals surface area contributed by atoms with E-state index in [9.17, 15) is 10.1 Å². The molecule has 1 amide bonds. The van der Waals surface area contributed by atoms with Crippen LogP contribution in [0.3, 0.4) is 0 Å².